The SMILES string of the molecule is CCCCOCCOCCOC1(O)CCCC1. The third-order valence-electron chi connectivity index (χ3n) is 3.00. The zero-order valence-corrected chi connectivity index (χ0v) is 11.0. The van der Waals surface area contributed by atoms with Gasteiger partial charge in [0.25, 0.3) is 0 Å². The van der Waals surface area contributed by atoms with Gasteiger partial charge < -0.3 is 19.3 Å². The van der Waals surface area contributed by atoms with Gasteiger partial charge in [0.15, 0.2) is 5.79 Å². The molecule has 0 unspecified atom stereocenters. The smallest absolute Gasteiger partial charge is 0.165 e. The van der Waals surface area contributed by atoms with Crippen LogP contribution in [-0.2, 0) is 14.2 Å². The highest BCUT2D eigenvalue weighted by molar-refractivity contribution is 4.74. The first-order chi connectivity index (χ1) is 8.27. The molecule has 0 radical (unpaired) electrons. The van der Waals surface area contributed by atoms with Crippen molar-refractivity contribution in [1.29, 1.82) is 0 Å². The highest BCUT2D eigenvalue weighted by atomic mass is 16.6. The van der Waals surface area contributed by atoms with E-state index in [9.17, 15) is 5.11 Å². The van der Waals surface area contributed by atoms with Crippen molar-refractivity contribution in [3.63, 3.8) is 0 Å². The van der Waals surface area contributed by atoms with Crippen LogP contribution in [0.2, 0.25) is 0 Å². The minimum atomic E-state index is -0.874. The van der Waals surface area contributed by atoms with Crippen LogP contribution in [0.15, 0.2) is 0 Å². The van der Waals surface area contributed by atoms with Crippen molar-refractivity contribution in [2.24, 2.45) is 0 Å². The zero-order chi connectivity index (χ0) is 12.4. The van der Waals surface area contributed by atoms with E-state index in [0.29, 0.717) is 26.4 Å². The van der Waals surface area contributed by atoms with Crippen LogP contribution in [0, 0.1) is 0 Å². The molecule has 1 saturated carbocycles. The maximum Gasteiger partial charge on any atom is 0.165 e. The van der Waals surface area contributed by atoms with Gasteiger partial charge in [-0.05, 0) is 19.3 Å². The van der Waals surface area contributed by atoms with Crippen molar-refractivity contribution >= 4 is 0 Å². The van der Waals surface area contributed by atoms with Crippen molar-refractivity contribution in [1.82, 2.24) is 0 Å². The molecule has 0 amide bonds. The van der Waals surface area contributed by atoms with E-state index in [4.69, 9.17) is 14.2 Å². The summed E-state index contributed by atoms with van der Waals surface area (Å²) >= 11 is 0. The van der Waals surface area contributed by atoms with E-state index in [1.165, 1.54) is 0 Å². The molecule has 1 aliphatic rings. The van der Waals surface area contributed by atoms with E-state index in [1.54, 1.807) is 0 Å². The van der Waals surface area contributed by atoms with E-state index in [2.05, 4.69) is 6.92 Å². The van der Waals surface area contributed by atoms with E-state index < -0.39 is 5.79 Å². The molecule has 0 aliphatic heterocycles. The maximum atomic E-state index is 9.89. The number of hydrogen-bond acceptors (Lipinski definition) is 4. The van der Waals surface area contributed by atoms with Gasteiger partial charge in [0.05, 0.1) is 26.4 Å². The highest BCUT2D eigenvalue weighted by Crippen LogP contribution is 2.30. The molecule has 17 heavy (non-hydrogen) atoms. The van der Waals surface area contributed by atoms with Gasteiger partial charge in [-0.2, -0.15) is 0 Å². The Hall–Kier alpha value is -0.160. The number of aliphatic hydroxyl groups is 1. The molecule has 4 nitrogen and oxygen atoms in total. The molecule has 0 bridgehead atoms. The highest BCUT2D eigenvalue weighted by Gasteiger charge is 2.31. The predicted octanol–water partition coefficient (Wildman–Crippen LogP) is 2.10. The van der Waals surface area contributed by atoms with Gasteiger partial charge >= 0.3 is 0 Å². The molecule has 4 heteroatoms. The van der Waals surface area contributed by atoms with E-state index in [-0.39, 0.29) is 0 Å². The van der Waals surface area contributed by atoms with Gasteiger partial charge in [-0.25, -0.2) is 0 Å². The maximum absolute atomic E-state index is 9.89. The third-order valence-corrected chi connectivity index (χ3v) is 3.00. The summed E-state index contributed by atoms with van der Waals surface area (Å²) in [5.74, 6) is -0.874. The third kappa shape index (κ3) is 6.99. The van der Waals surface area contributed by atoms with Gasteiger partial charge in [0.2, 0.25) is 0 Å². The van der Waals surface area contributed by atoms with Gasteiger partial charge in [-0.3, -0.25) is 0 Å². The summed E-state index contributed by atoms with van der Waals surface area (Å²) in [4.78, 5) is 0. The van der Waals surface area contributed by atoms with Crippen molar-refractivity contribution in [2.75, 3.05) is 33.0 Å². The molecular formula is C13H26O4. The summed E-state index contributed by atoms with van der Waals surface area (Å²) in [6.07, 6.45) is 5.90. The Kier molecular flexibility index (Phi) is 7.77. The largest absolute Gasteiger partial charge is 0.379 e. The molecule has 0 aromatic rings. The summed E-state index contributed by atoms with van der Waals surface area (Å²) in [5, 5.41) is 9.89. The molecule has 1 rings (SSSR count). The molecule has 0 saturated heterocycles. The predicted molar refractivity (Wildman–Crippen MR) is 65.9 cm³/mol. The number of hydrogen-bond donors (Lipinski definition) is 1. The second kappa shape index (κ2) is 8.86. The average molecular weight is 246 g/mol. The van der Waals surface area contributed by atoms with E-state index in [1.807, 2.05) is 0 Å². The lowest BCUT2D eigenvalue weighted by Gasteiger charge is -2.22. The molecule has 0 aromatic carbocycles. The Morgan fingerprint density at radius 2 is 1.53 bits per heavy atom. The van der Waals surface area contributed by atoms with Gasteiger partial charge in [-0.1, -0.05) is 13.3 Å². The van der Waals surface area contributed by atoms with Crippen molar-refractivity contribution in [3.05, 3.63) is 0 Å². The molecule has 0 spiro atoms. The quantitative estimate of drug-likeness (QED) is 0.474. The Bertz CT molecular complexity index is 178. The van der Waals surface area contributed by atoms with Crippen molar-refractivity contribution < 1.29 is 19.3 Å². The minimum Gasteiger partial charge on any atom is -0.379 e. The fourth-order valence-corrected chi connectivity index (χ4v) is 1.93. The second-order valence-corrected chi connectivity index (χ2v) is 4.58. The molecule has 1 N–H and O–H groups in total. The number of rotatable bonds is 10. The van der Waals surface area contributed by atoms with Crippen LogP contribution in [0.4, 0.5) is 0 Å². The summed E-state index contributed by atoms with van der Waals surface area (Å²) in [6, 6.07) is 0. The molecule has 0 heterocycles. The lowest BCUT2D eigenvalue weighted by atomic mass is 10.2. The lowest BCUT2D eigenvalue weighted by molar-refractivity contribution is -0.204. The average Bonchev–Trinajstić information content (AvgIpc) is 2.74. The summed E-state index contributed by atoms with van der Waals surface area (Å²) in [5.41, 5.74) is 0. The Morgan fingerprint density at radius 3 is 2.18 bits per heavy atom. The monoisotopic (exact) mass is 246 g/mol. The van der Waals surface area contributed by atoms with E-state index >= 15 is 0 Å². The number of ether oxygens (including phenoxy) is 3. The topological polar surface area (TPSA) is 47.9 Å². The molecule has 0 atom stereocenters. The van der Waals surface area contributed by atoms with Crippen LogP contribution in [0.25, 0.3) is 0 Å². The summed E-state index contributed by atoms with van der Waals surface area (Å²) in [7, 11) is 0. The van der Waals surface area contributed by atoms with E-state index in [0.717, 1.165) is 45.1 Å². The summed E-state index contributed by atoms with van der Waals surface area (Å²) in [6.45, 7) is 5.20. The van der Waals surface area contributed by atoms with Crippen LogP contribution < -0.4 is 0 Å². The first-order valence-corrected chi connectivity index (χ1v) is 6.79. The Balaban J connectivity index is 1.81. The first kappa shape index (κ1) is 14.9. The lowest BCUT2D eigenvalue weighted by Crippen LogP contribution is -2.29. The second-order valence-electron chi connectivity index (χ2n) is 4.58. The first-order valence-electron chi connectivity index (χ1n) is 6.79. The van der Waals surface area contributed by atoms with Crippen molar-refractivity contribution in [2.45, 2.75) is 51.2 Å². The van der Waals surface area contributed by atoms with Gasteiger partial charge in [-0.15, -0.1) is 0 Å². The summed E-state index contributed by atoms with van der Waals surface area (Å²) < 4.78 is 16.1. The Morgan fingerprint density at radius 1 is 0.941 bits per heavy atom. The standard InChI is InChI=1S/C13H26O4/c1-2-3-8-15-9-10-16-11-12-17-13(14)6-4-5-7-13/h14H,2-12H2,1H3. The number of unbranched alkanes of at least 4 members (excludes halogenated alkanes) is 1. The van der Waals surface area contributed by atoms with Crippen molar-refractivity contribution in [3.8, 4) is 0 Å². The van der Waals surface area contributed by atoms with Crippen LogP contribution in [0.1, 0.15) is 45.4 Å². The fraction of sp³-hybridized carbons (Fsp3) is 1.00. The molecule has 1 fully saturated rings. The fourth-order valence-electron chi connectivity index (χ4n) is 1.93. The molecule has 1 aliphatic carbocycles. The normalized spacial score (nSPS) is 18.7. The van der Waals surface area contributed by atoms with Crippen LogP contribution >= 0.6 is 0 Å². The zero-order valence-electron chi connectivity index (χ0n) is 11.0. The van der Waals surface area contributed by atoms with Crippen LogP contribution in [0.3, 0.4) is 0 Å². The molecular weight excluding hydrogens is 220 g/mol. The van der Waals surface area contributed by atoms with Crippen LogP contribution in [-0.4, -0.2) is 43.9 Å². The van der Waals surface area contributed by atoms with Gasteiger partial charge in [0.1, 0.15) is 0 Å². The minimum absolute atomic E-state index is 0.464. The van der Waals surface area contributed by atoms with Crippen LogP contribution in [0.5, 0.6) is 0 Å². The Labute approximate surface area is 104 Å². The molecule has 102 valence electrons. The van der Waals surface area contributed by atoms with Gasteiger partial charge in [0, 0.05) is 19.4 Å². The molecule has 0 aromatic heterocycles.